The third-order valence-corrected chi connectivity index (χ3v) is 5.87. The van der Waals surface area contributed by atoms with Gasteiger partial charge >= 0.3 is 11.3 Å². The lowest BCUT2D eigenvalue weighted by molar-refractivity contribution is 0.306. The highest BCUT2D eigenvalue weighted by Crippen LogP contribution is 2.38. The molecule has 0 fully saturated rings. The quantitative estimate of drug-likeness (QED) is 0.271. The summed E-state index contributed by atoms with van der Waals surface area (Å²) in [6.07, 6.45) is 1.78. The highest BCUT2D eigenvalue weighted by Gasteiger charge is 2.19. The Balaban J connectivity index is 1.53. The van der Waals surface area contributed by atoms with Crippen LogP contribution in [0.15, 0.2) is 91.7 Å². The second-order valence-corrected chi connectivity index (χ2v) is 8.04. The third kappa shape index (κ3) is 4.22. The molecule has 0 radical (unpaired) electrons. The summed E-state index contributed by atoms with van der Waals surface area (Å²) in [5.74, 6) is 1.23. The first-order chi connectivity index (χ1) is 17.5. The van der Waals surface area contributed by atoms with E-state index in [-0.39, 0.29) is 16.9 Å². The topological polar surface area (TPSA) is 88.1 Å². The van der Waals surface area contributed by atoms with Crippen LogP contribution < -0.4 is 25.5 Å². The SMILES string of the molecule is C=Cc1ccc(COc2ccc3cc(-c4cc(=O)oc5c(OC)c(OC)ccc45)c(=O)oc3c2)cc1. The van der Waals surface area contributed by atoms with Crippen LogP contribution in [0.2, 0.25) is 0 Å². The van der Waals surface area contributed by atoms with Gasteiger partial charge in [0.05, 0.1) is 19.8 Å². The number of hydrogen-bond donors (Lipinski definition) is 0. The highest BCUT2D eigenvalue weighted by molar-refractivity contribution is 5.98. The molecule has 0 spiro atoms. The Morgan fingerprint density at radius 1 is 0.861 bits per heavy atom. The average molecular weight is 482 g/mol. The van der Waals surface area contributed by atoms with Crippen molar-refractivity contribution in [3.8, 4) is 28.4 Å². The second kappa shape index (κ2) is 9.46. The summed E-state index contributed by atoms with van der Waals surface area (Å²) in [5.41, 5.74) is 1.96. The molecule has 7 heteroatoms. The van der Waals surface area contributed by atoms with E-state index in [1.54, 1.807) is 42.5 Å². The van der Waals surface area contributed by atoms with Gasteiger partial charge in [-0.3, -0.25) is 0 Å². The van der Waals surface area contributed by atoms with Crippen molar-refractivity contribution >= 4 is 28.0 Å². The van der Waals surface area contributed by atoms with Crippen LogP contribution in [0.3, 0.4) is 0 Å². The van der Waals surface area contributed by atoms with Crippen molar-refractivity contribution in [2.75, 3.05) is 14.2 Å². The molecule has 3 aromatic carbocycles. The van der Waals surface area contributed by atoms with Crippen LogP contribution >= 0.6 is 0 Å². The van der Waals surface area contributed by atoms with Crippen molar-refractivity contribution in [1.82, 2.24) is 0 Å². The van der Waals surface area contributed by atoms with Crippen LogP contribution in [0.1, 0.15) is 11.1 Å². The molecule has 0 atom stereocenters. The normalized spacial score (nSPS) is 10.9. The van der Waals surface area contributed by atoms with Crippen molar-refractivity contribution in [3.05, 3.63) is 105 Å². The fourth-order valence-corrected chi connectivity index (χ4v) is 4.05. The van der Waals surface area contributed by atoms with Gasteiger partial charge in [0.2, 0.25) is 5.75 Å². The lowest BCUT2D eigenvalue weighted by atomic mass is 10.0. The molecule has 2 heterocycles. The van der Waals surface area contributed by atoms with Crippen LogP contribution in [0, 0.1) is 0 Å². The van der Waals surface area contributed by atoms with Gasteiger partial charge in [-0.25, -0.2) is 9.59 Å². The molecule has 36 heavy (non-hydrogen) atoms. The molecule has 0 unspecified atom stereocenters. The molecule has 0 aliphatic rings. The second-order valence-electron chi connectivity index (χ2n) is 8.04. The fourth-order valence-electron chi connectivity index (χ4n) is 4.05. The molecular formula is C29H22O7. The molecule has 0 amide bonds. The smallest absolute Gasteiger partial charge is 0.344 e. The van der Waals surface area contributed by atoms with E-state index >= 15 is 0 Å². The van der Waals surface area contributed by atoms with Crippen molar-refractivity contribution in [2.24, 2.45) is 0 Å². The van der Waals surface area contributed by atoms with Crippen molar-refractivity contribution in [3.63, 3.8) is 0 Å². The minimum Gasteiger partial charge on any atom is -0.493 e. The summed E-state index contributed by atoms with van der Waals surface area (Å²) in [6, 6.07) is 19.5. The van der Waals surface area contributed by atoms with E-state index in [1.807, 2.05) is 24.3 Å². The van der Waals surface area contributed by atoms with E-state index in [9.17, 15) is 9.59 Å². The Morgan fingerprint density at radius 2 is 1.67 bits per heavy atom. The maximum atomic E-state index is 13.0. The lowest BCUT2D eigenvalue weighted by Crippen LogP contribution is -2.07. The Bertz CT molecular complexity index is 1710. The van der Waals surface area contributed by atoms with Crippen molar-refractivity contribution < 1.29 is 23.0 Å². The Morgan fingerprint density at radius 3 is 2.39 bits per heavy atom. The largest absolute Gasteiger partial charge is 0.493 e. The van der Waals surface area contributed by atoms with Crippen LogP contribution in [0.5, 0.6) is 17.2 Å². The van der Waals surface area contributed by atoms with E-state index < -0.39 is 11.3 Å². The van der Waals surface area contributed by atoms with E-state index in [0.29, 0.717) is 40.0 Å². The molecule has 2 aromatic heterocycles. The first-order valence-electron chi connectivity index (χ1n) is 11.1. The molecular weight excluding hydrogens is 460 g/mol. The predicted molar refractivity (Wildman–Crippen MR) is 138 cm³/mol. The van der Waals surface area contributed by atoms with Crippen molar-refractivity contribution in [1.29, 1.82) is 0 Å². The van der Waals surface area contributed by atoms with Gasteiger partial charge in [0.15, 0.2) is 11.3 Å². The summed E-state index contributed by atoms with van der Waals surface area (Å²) in [5, 5.41) is 1.19. The number of hydrogen-bond acceptors (Lipinski definition) is 7. The number of rotatable bonds is 7. The number of ether oxygens (including phenoxy) is 3. The van der Waals surface area contributed by atoms with Crippen LogP contribution in [0.25, 0.3) is 39.1 Å². The van der Waals surface area contributed by atoms with E-state index in [4.69, 9.17) is 23.0 Å². The summed E-state index contributed by atoms with van der Waals surface area (Å²) in [7, 11) is 2.93. The van der Waals surface area contributed by atoms with Gasteiger partial charge in [-0.1, -0.05) is 36.9 Å². The third-order valence-electron chi connectivity index (χ3n) is 5.87. The van der Waals surface area contributed by atoms with Crippen LogP contribution in [0.4, 0.5) is 0 Å². The number of benzene rings is 3. The molecule has 7 nitrogen and oxygen atoms in total. The van der Waals surface area contributed by atoms with Gasteiger partial charge in [0.25, 0.3) is 0 Å². The standard InChI is InChI=1S/C29H22O7/c1-4-17-5-7-18(8-6-17)16-34-20-10-9-19-13-23(29(31)35-25(19)14-20)22-15-26(30)36-27-21(22)11-12-24(32-2)28(27)33-3/h4-15H,1,16H2,2-3H3. The van der Waals surface area contributed by atoms with E-state index in [2.05, 4.69) is 6.58 Å². The molecule has 0 saturated heterocycles. The average Bonchev–Trinajstić information content (AvgIpc) is 2.90. The summed E-state index contributed by atoms with van der Waals surface area (Å²) in [4.78, 5) is 25.4. The first-order valence-corrected chi connectivity index (χ1v) is 11.1. The number of fused-ring (bicyclic) bond motifs is 2. The zero-order valence-electron chi connectivity index (χ0n) is 19.7. The summed E-state index contributed by atoms with van der Waals surface area (Å²) >= 11 is 0. The lowest BCUT2D eigenvalue weighted by Gasteiger charge is -2.12. The van der Waals surface area contributed by atoms with Crippen LogP contribution in [-0.4, -0.2) is 14.2 Å². The van der Waals surface area contributed by atoms with Crippen LogP contribution in [-0.2, 0) is 6.61 Å². The van der Waals surface area contributed by atoms with Gasteiger partial charge in [-0.15, -0.1) is 0 Å². The van der Waals surface area contributed by atoms with Gasteiger partial charge < -0.3 is 23.0 Å². The molecule has 0 N–H and O–H groups in total. The Labute approximate surface area is 205 Å². The molecule has 0 aliphatic carbocycles. The minimum absolute atomic E-state index is 0.184. The van der Waals surface area contributed by atoms with Gasteiger partial charge in [-0.2, -0.15) is 0 Å². The molecule has 5 aromatic rings. The molecule has 0 saturated carbocycles. The fraction of sp³-hybridized carbons (Fsp3) is 0.103. The zero-order chi connectivity index (χ0) is 25.2. The van der Waals surface area contributed by atoms with E-state index in [0.717, 1.165) is 11.1 Å². The van der Waals surface area contributed by atoms with Gasteiger partial charge in [-0.05, 0) is 41.5 Å². The predicted octanol–water partition coefficient (Wildman–Crippen LogP) is 5.81. The summed E-state index contributed by atoms with van der Waals surface area (Å²) < 4.78 is 27.6. The number of methoxy groups -OCH3 is 2. The van der Waals surface area contributed by atoms with E-state index in [1.165, 1.54) is 20.3 Å². The molecule has 0 bridgehead atoms. The van der Waals surface area contributed by atoms with Gasteiger partial charge in [0, 0.05) is 28.5 Å². The summed E-state index contributed by atoms with van der Waals surface area (Å²) in [6.45, 7) is 4.11. The molecule has 0 aliphatic heterocycles. The molecule has 5 rings (SSSR count). The maximum absolute atomic E-state index is 13.0. The Kier molecular flexibility index (Phi) is 6.04. The molecule has 180 valence electrons. The monoisotopic (exact) mass is 482 g/mol. The van der Waals surface area contributed by atoms with Crippen molar-refractivity contribution in [2.45, 2.75) is 6.61 Å². The minimum atomic E-state index is -0.631. The maximum Gasteiger partial charge on any atom is 0.344 e. The zero-order valence-corrected chi connectivity index (χ0v) is 19.7. The highest BCUT2D eigenvalue weighted by atomic mass is 16.5. The van der Waals surface area contributed by atoms with Gasteiger partial charge in [0.1, 0.15) is 17.9 Å². The first kappa shape index (κ1) is 23.0. The Hall–Kier alpha value is -4.78.